The van der Waals surface area contributed by atoms with Crippen molar-refractivity contribution in [3.63, 3.8) is 0 Å². The maximum absolute atomic E-state index is 14.6. The minimum atomic E-state index is -4.51. The summed E-state index contributed by atoms with van der Waals surface area (Å²) < 4.78 is 102. The van der Waals surface area contributed by atoms with Crippen molar-refractivity contribution < 1.29 is 36.9 Å². The summed E-state index contributed by atoms with van der Waals surface area (Å²) in [5.74, 6) is -7.88. The van der Waals surface area contributed by atoms with Gasteiger partial charge in [-0.25, -0.2) is 22.0 Å². The highest BCUT2D eigenvalue weighted by Crippen LogP contribution is 2.42. The van der Waals surface area contributed by atoms with Crippen LogP contribution in [0.25, 0.3) is 5.57 Å². The van der Waals surface area contributed by atoms with E-state index < -0.39 is 46.5 Å². The van der Waals surface area contributed by atoms with Crippen LogP contribution in [0.15, 0.2) is 30.3 Å². The molecular formula is C26H27F7O. The van der Waals surface area contributed by atoms with Crippen LogP contribution in [-0.2, 0) is 6.11 Å². The van der Waals surface area contributed by atoms with Crippen LogP contribution >= 0.6 is 0 Å². The Morgan fingerprint density at radius 2 is 1.38 bits per heavy atom. The molecule has 0 heterocycles. The van der Waals surface area contributed by atoms with Crippen LogP contribution in [0.4, 0.5) is 30.7 Å². The van der Waals surface area contributed by atoms with Gasteiger partial charge in [-0.1, -0.05) is 25.8 Å². The molecule has 0 saturated heterocycles. The molecule has 0 aliphatic heterocycles. The highest BCUT2D eigenvalue weighted by atomic mass is 19.3. The summed E-state index contributed by atoms with van der Waals surface area (Å²) in [7, 11) is 0. The third-order valence-electron chi connectivity index (χ3n) is 7.10. The molecule has 0 N–H and O–H groups in total. The number of hydrogen-bond donors (Lipinski definition) is 0. The molecule has 2 aromatic carbocycles. The molecule has 2 aliphatic carbocycles. The van der Waals surface area contributed by atoms with Crippen molar-refractivity contribution in [1.82, 2.24) is 0 Å². The Morgan fingerprint density at radius 3 is 1.91 bits per heavy atom. The highest BCUT2D eigenvalue weighted by molar-refractivity contribution is 5.67. The normalized spacial score (nSPS) is 23.5. The van der Waals surface area contributed by atoms with Crippen LogP contribution in [-0.4, -0.2) is 0 Å². The van der Waals surface area contributed by atoms with Crippen molar-refractivity contribution in [2.45, 2.75) is 58.0 Å². The zero-order valence-corrected chi connectivity index (χ0v) is 18.6. The Hall–Kier alpha value is -2.51. The second-order valence-electron chi connectivity index (χ2n) is 9.43. The average Bonchev–Trinajstić information content (AvgIpc) is 2.80. The number of benzene rings is 2. The van der Waals surface area contributed by atoms with Crippen molar-refractivity contribution >= 4 is 5.57 Å². The molecule has 0 bridgehead atoms. The van der Waals surface area contributed by atoms with Crippen molar-refractivity contribution in [2.24, 2.45) is 17.8 Å². The lowest BCUT2D eigenvalue weighted by atomic mass is 9.71. The van der Waals surface area contributed by atoms with Gasteiger partial charge in [-0.3, -0.25) is 0 Å². The van der Waals surface area contributed by atoms with Gasteiger partial charge in [-0.2, -0.15) is 8.78 Å². The Bertz CT molecular complexity index is 1050. The van der Waals surface area contributed by atoms with Crippen molar-refractivity contribution in [3.05, 3.63) is 70.6 Å². The quantitative estimate of drug-likeness (QED) is 0.302. The highest BCUT2D eigenvalue weighted by Gasteiger charge is 2.38. The van der Waals surface area contributed by atoms with Crippen LogP contribution in [0.5, 0.6) is 5.75 Å². The summed E-state index contributed by atoms with van der Waals surface area (Å²) in [5.41, 5.74) is -0.440. The smallest absolute Gasteiger partial charge is 0.423 e. The molecule has 1 atom stereocenters. The zero-order valence-electron chi connectivity index (χ0n) is 18.6. The number of halogens is 7. The average molecular weight is 488 g/mol. The minimum Gasteiger partial charge on any atom is -0.423 e. The maximum Gasteiger partial charge on any atom is 0.427 e. The van der Waals surface area contributed by atoms with Crippen LogP contribution < -0.4 is 4.74 Å². The molecule has 1 nitrogen and oxygen atoms in total. The Labute approximate surface area is 195 Å². The minimum absolute atomic E-state index is 0. The standard InChI is InChI=1S/C26H25F7O.H2/c1-14-2-4-15(5-3-14)16-6-8-17(9-7-16)18-10-22(29)25(23(30)11-18)34-26(32,33)19-12-20(27)24(31)21(28)13-19;/h8,10-16H,2-7,9H2,1H3;1H. The number of allylic oxidation sites excluding steroid dienone is 2. The SMILES string of the molecule is CC1CCC(C2CC=C(c3cc(F)c(OC(F)(F)c4cc(F)c(F)c(F)c4)c(F)c3)CC2)CC1.[HH]. The molecule has 0 aromatic heterocycles. The Balaban J connectivity index is 0.00000342. The van der Waals surface area contributed by atoms with Gasteiger partial charge in [0.05, 0.1) is 5.56 Å². The third-order valence-corrected chi connectivity index (χ3v) is 7.10. The van der Waals surface area contributed by atoms with Gasteiger partial charge >= 0.3 is 6.11 Å². The summed E-state index contributed by atoms with van der Waals surface area (Å²) in [4.78, 5) is 0. The van der Waals surface area contributed by atoms with Gasteiger partial charge < -0.3 is 4.74 Å². The molecule has 2 aromatic rings. The van der Waals surface area contributed by atoms with Gasteiger partial charge in [0.1, 0.15) is 0 Å². The van der Waals surface area contributed by atoms with Crippen LogP contribution in [0, 0.1) is 46.8 Å². The molecule has 0 spiro atoms. The van der Waals surface area contributed by atoms with Gasteiger partial charge in [0.2, 0.25) is 0 Å². The predicted octanol–water partition coefficient (Wildman–Crippen LogP) is 8.77. The summed E-state index contributed by atoms with van der Waals surface area (Å²) in [6.45, 7) is 2.26. The first-order chi connectivity index (χ1) is 16.0. The number of ether oxygens (including phenoxy) is 1. The van der Waals surface area contributed by atoms with E-state index >= 15 is 0 Å². The molecule has 0 amide bonds. The fraction of sp³-hybridized carbons (Fsp3) is 0.462. The van der Waals surface area contributed by atoms with E-state index in [0.29, 0.717) is 18.3 Å². The van der Waals surface area contributed by atoms with E-state index in [1.54, 1.807) is 0 Å². The molecular weight excluding hydrogens is 461 g/mol. The summed E-state index contributed by atoms with van der Waals surface area (Å²) in [5, 5.41) is 0. The Kier molecular flexibility index (Phi) is 6.97. The van der Waals surface area contributed by atoms with E-state index in [1.807, 2.05) is 6.08 Å². The third kappa shape index (κ3) is 5.10. The second-order valence-corrected chi connectivity index (χ2v) is 9.43. The lowest BCUT2D eigenvalue weighted by Gasteiger charge is -2.34. The first-order valence-electron chi connectivity index (χ1n) is 11.5. The van der Waals surface area contributed by atoms with Gasteiger partial charge in [0.15, 0.2) is 34.8 Å². The van der Waals surface area contributed by atoms with Crippen LogP contribution in [0.1, 0.15) is 64.4 Å². The fourth-order valence-corrected chi connectivity index (χ4v) is 5.06. The number of rotatable bonds is 5. The van der Waals surface area contributed by atoms with Gasteiger partial charge in [0.25, 0.3) is 0 Å². The predicted molar refractivity (Wildman–Crippen MR) is 116 cm³/mol. The molecule has 186 valence electrons. The molecule has 4 rings (SSSR count). The topological polar surface area (TPSA) is 9.23 Å². The van der Waals surface area contributed by atoms with Gasteiger partial charge in [-0.05, 0) is 85.3 Å². The van der Waals surface area contributed by atoms with Crippen molar-refractivity contribution in [3.8, 4) is 5.75 Å². The molecule has 2 aliphatic rings. The molecule has 1 unspecified atom stereocenters. The van der Waals surface area contributed by atoms with Crippen LogP contribution in [0.2, 0.25) is 0 Å². The van der Waals surface area contributed by atoms with Gasteiger partial charge in [-0.15, -0.1) is 0 Å². The molecule has 1 fully saturated rings. The van der Waals surface area contributed by atoms with E-state index in [0.717, 1.165) is 36.5 Å². The molecule has 8 heteroatoms. The molecule has 1 saturated carbocycles. The lowest BCUT2D eigenvalue weighted by Crippen LogP contribution is -2.24. The van der Waals surface area contributed by atoms with Crippen molar-refractivity contribution in [1.29, 1.82) is 0 Å². The largest absolute Gasteiger partial charge is 0.427 e. The van der Waals surface area contributed by atoms with E-state index in [1.165, 1.54) is 25.7 Å². The molecule has 0 radical (unpaired) electrons. The molecule has 34 heavy (non-hydrogen) atoms. The first-order valence-corrected chi connectivity index (χ1v) is 11.5. The van der Waals surface area contributed by atoms with Crippen LogP contribution in [0.3, 0.4) is 0 Å². The summed E-state index contributed by atoms with van der Waals surface area (Å²) in [6, 6.07) is 1.85. The zero-order chi connectivity index (χ0) is 24.6. The Morgan fingerprint density at radius 1 is 0.794 bits per heavy atom. The second kappa shape index (κ2) is 9.62. The number of hydrogen-bond acceptors (Lipinski definition) is 1. The lowest BCUT2D eigenvalue weighted by molar-refractivity contribution is -0.188. The first kappa shape index (κ1) is 24.6. The number of alkyl halides is 2. The summed E-state index contributed by atoms with van der Waals surface area (Å²) >= 11 is 0. The van der Waals surface area contributed by atoms with E-state index in [4.69, 9.17) is 0 Å². The maximum atomic E-state index is 14.6. The van der Waals surface area contributed by atoms with E-state index in [-0.39, 0.29) is 19.1 Å². The van der Waals surface area contributed by atoms with E-state index in [9.17, 15) is 30.7 Å². The fourth-order valence-electron chi connectivity index (χ4n) is 5.06. The van der Waals surface area contributed by atoms with Gasteiger partial charge in [0, 0.05) is 1.43 Å². The monoisotopic (exact) mass is 488 g/mol. The van der Waals surface area contributed by atoms with Crippen molar-refractivity contribution in [2.75, 3.05) is 0 Å². The van der Waals surface area contributed by atoms with E-state index in [2.05, 4.69) is 11.7 Å². The summed E-state index contributed by atoms with van der Waals surface area (Å²) in [6.07, 6.45) is 4.60.